The molecule has 16 heavy (non-hydrogen) atoms. The zero-order chi connectivity index (χ0) is 11.2. The van der Waals surface area contributed by atoms with Gasteiger partial charge in [-0.1, -0.05) is 6.42 Å². The molecule has 2 unspecified atom stereocenters. The minimum Gasteiger partial charge on any atom is -0.368 e. The molecule has 1 amide bonds. The number of amides is 1. The second-order valence-electron chi connectivity index (χ2n) is 5.55. The van der Waals surface area contributed by atoms with Gasteiger partial charge in [-0.05, 0) is 38.6 Å². The number of nitrogens with zero attached hydrogens (tertiary/aromatic N) is 1. The van der Waals surface area contributed by atoms with Crippen LogP contribution in [0.3, 0.4) is 0 Å². The Morgan fingerprint density at radius 3 is 2.75 bits per heavy atom. The maximum Gasteiger partial charge on any atom is 0.239 e. The molecule has 3 fully saturated rings. The van der Waals surface area contributed by atoms with Crippen molar-refractivity contribution in [1.82, 2.24) is 10.2 Å². The third-order valence-corrected chi connectivity index (χ3v) is 4.45. The van der Waals surface area contributed by atoms with E-state index >= 15 is 0 Å². The van der Waals surface area contributed by atoms with E-state index in [9.17, 15) is 4.79 Å². The molecular formula is C12H21N3O. The third kappa shape index (κ3) is 1.55. The number of fused-ring (bicyclic) bond motifs is 1. The van der Waals surface area contributed by atoms with Crippen molar-refractivity contribution in [2.24, 2.45) is 5.73 Å². The van der Waals surface area contributed by atoms with Crippen LogP contribution in [0.2, 0.25) is 0 Å². The van der Waals surface area contributed by atoms with Crippen LogP contribution >= 0.6 is 0 Å². The van der Waals surface area contributed by atoms with Crippen molar-refractivity contribution in [3.05, 3.63) is 0 Å². The number of piperidine rings is 1. The summed E-state index contributed by atoms with van der Waals surface area (Å²) < 4.78 is 0. The molecule has 0 bridgehead atoms. The molecule has 0 spiro atoms. The summed E-state index contributed by atoms with van der Waals surface area (Å²) in [7, 11) is 0. The summed E-state index contributed by atoms with van der Waals surface area (Å²) in [6, 6.07) is 0.911. The SMILES string of the molecule is NC(=O)C1(NC2CC2)CCN2CCCCC21. The lowest BCUT2D eigenvalue weighted by molar-refractivity contribution is -0.126. The van der Waals surface area contributed by atoms with Gasteiger partial charge in [-0.25, -0.2) is 0 Å². The van der Waals surface area contributed by atoms with Crippen molar-refractivity contribution >= 4 is 5.91 Å². The summed E-state index contributed by atoms with van der Waals surface area (Å²) in [6.07, 6.45) is 6.97. The average Bonchev–Trinajstić information content (AvgIpc) is 3.00. The maximum atomic E-state index is 11.9. The average molecular weight is 223 g/mol. The van der Waals surface area contributed by atoms with Gasteiger partial charge in [-0.3, -0.25) is 15.0 Å². The van der Waals surface area contributed by atoms with Gasteiger partial charge in [0.25, 0.3) is 0 Å². The number of primary amides is 1. The van der Waals surface area contributed by atoms with E-state index in [4.69, 9.17) is 5.73 Å². The van der Waals surface area contributed by atoms with Crippen LogP contribution in [-0.4, -0.2) is 41.5 Å². The van der Waals surface area contributed by atoms with Crippen molar-refractivity contribution in [1.29, 1.82) is 0 Å². The zero-order valence-electron chi connectivity index (χ0n) is 9.74. The molecule has 4 nitrogen and oxygen atoms in total. The van der Waals surface area contributed by atoms with Gasteiger partial charge in [0.05, 0.1) is 0 Å². The summed E-state index contributed by atoms with van der Waals surface area (Å²) in [6.45, 7) is 2.18. The monoisotopic (exact) mass is 223 g/mol. The number of nitrogens with one attached hydrogen (secondary N) is 1. The number of nitrogens with two attached hydrogens (primary N) is 1. The van der Waals surface area contributed by atoms with E-state index in [1.807, 2.05) is 0 Å². The van der Waals surface area contributed by atoms with E-state index in [0.717, 1.165) is 25.9 Å². The fraction of sp³-hybridized carbons (Fsp3) is 0.917. The number of carbonyl (C=O) groups is 1. The summed E-state index contributed by atoms with van der Waals surface area (Å²) >= 11 is 0. The van der Waals surface area contributed by atoms with E-state index in [1.165, 1.54) is 25.7 Å². The Hall–Kier alpha value is -0.610. The Bertz CT molecular complexity index is 303. The van der Waals surface area contributed by atoms with E-state index in [-0.39, 0.29) is 5.91 Å². The van der Waals surface area contributed by atoms with Gasteiger partial charge in [-0.2, -0.15) is 0 Å². The number of rotatable bonds is 3. The Morgan fingerprint density at radius 2 is 2.06 bits per heavy atom. The highest BCUT2D eigenvalue weighted by molar-refractivity contribution is 5.86. The number of carbonyl (C=O) groups excluding carboxylic acids is 1. The van der Waals surface area contributed by atoms with Crippen molar-refractivity contribution in [2.45, 2.75) is 56.1 Å². The molecule has 2 aliphatic heterocycles. The molecule has 90 valence electrons. The van der Waals surface area contributed by atoms with E-state index in [0.29, 0.717) is 12.1 Å². The van der Waals surface area contributed by atoms with Gasteiger partial charge in [0.1, 0.15) is 5.54 Å². The highest BCUT2D eigenvalue weighted by Crippen LogP contribution is 2.37. The van der Waals surface area contributed by atoms with Crippen LogP contribution in [0.25, 0.3) is 0 Å². The Balaban J connectivity index is 1.83. The predicted molar refractivity (Wildman–Crippen MR) is 61.9 cm³/mol. The molecule has 4 heteroatoms. The molecule has 2 atom stereocenters. The van der Waals surface area contributed by atoms with E-state index in [2.05, 4.69) is 10.2 Å². The summed E-state index contributed by atoms with van der Waals surface area (Å²) in [5.74, 6) is -0.131. The Kier molecular flexibility index (Phi) is 2.44. The molecule has 2 saturated heterocycles. The largest absolute Gasteiger partial charge is 0.368 e. The fourth-order valence-electron chi connectivity index (χ4n) is 3.42. The molecule has 0 radical (unpaired) electrons. The van der Waals surface area contributed by atoms with Crippen molar-refractivity contribution in [3.8, 4) is 0 Å². The Labute approximate surface area is 96.5 Å². The molecule has 0 aromatic heterocycles. The van der Waals surface area contributed by atoms with Crippen molar-refractivity contribution in [3.63, 3.8) is 0 Å². The van der Waals surface area contributed by atoms with Gasteiger partial charge in [0.2, 0.25) is 5.91 Å². The highest BCUT2D eigenvalue weighted by atomic mass is 16.1. The first-order valence-corrected chi connectivity index (χ1v) is 6.54. The first-order valence-electron chi connectivity index (χ1n) is 6.54. The lowest BCUT2D eigenvalue weighted by atomic mass is 9.84. The van der Waals surface area contributed by atoms with Crippen LogP contribution in [0.5, 0.6) is 0 Å². The van der Waals surface area contributed by atoms with E-state index in [1.54, 1.807) is 0 Å². The highest BCUT2D eigenvalue weighted by Gasteiger charge is 2.53. The molecule has 1 aliphatic carbocycles. The summed E-state index contributed by atoms with van der Waals surface area (Å²) in [5.41, 5.74) is 5.27. The number of hydrogen-bond acceptors (Lipinski definition) is 3. The Morgan fingerprint density at radius 1 is 1.25 bits per heavy atom. The van der Waals surface area contributed by atoms with Crippen LogP contribution in [0, 0.1) is 0 Å². The minimum absolute atomic E-state index is 0.131. The maximum absolute atomic E-state index is 11.9. The van der Waals surface area contributed by atoms with Crippen LogP contribution in [0.15, 0.2) is 0 Å². The topological polar surface area (TPSA) is 58.4 Å². The number of hydrogen-bond donors (Lipinski definition) is 2. The second kappa shape index (κ2) is 3.70. The van der Waals surface area contributed by atoms with Crippen LogP contribution < -0.4 is 11.1 Å². The van der Waals surface area contributed by atoms with Gasteiger partial charge in [-0.15, -0.1) is 0 Å². The normalized spacial score (nSPS) is 39.6. The third-order valence-electron chi connectivity index (χ3n) is 4.45. The first-order chi connectivity index (χ1) is 7.72. The second-order valence-corrected chi connectivity index (χ2v) is 5.55. The first kappa shape index (κ1) is 10.5. The molecule has 3 aliphatic rings. The fourth-order valence-corrected chi connectivity index (χ4v) is 3.42. The van der Waals surface area contributed by atoms with Gasteiger partial charge in [0.15, 0.2) is 0 Å². The van der Waals surface area contributed by atoms with Crippen molar-refractivity contribution in [2.75, 3.05) is 13.1 Å². The van der Waals surface area contributed by atoms with Crippen molar-refractivity contribution < 1.29 is 4.79 Å². The summed E-state index contributed by atoms with van der Waals surface area (Å²) in [5, 5.41) is 3.55. The van der Waals surface area contributed by atoms with E-state index < -0.39 is 5.54 Å². The van der Waals surface area contributed by atoms with Crippen LogP contribution in [0.1, 0.15) is 38.5 Å². The van der Waals surface area contributed by atoms with Gasteiger partial charge >= 0.3 is 0 Å². The molecule has 2 heterocycles. The van der Waals surface area contributed by atoms with Crippen LogP contribution in [0.4, 0.5) is 0 Å². The summed E-state index contributed by atoms with van der Waals surface area (Å²) in [4.78, 5) is 14.3. The smallest absolute Gasteiger partial charge is 0.239 e. The lowest BCUT2D eigenvalue weighted by Gasteiger charge is -2.39. The standard InChI is InChI=1S/C12H21N3O/c13-11(16)12(14-9-4-5-9)6-8-15-7-2-1-3-10(12)15/h9-10,14H,1-8H2,(H2,13,16). The minimum atomic E-state index is -0.415. The predicted octanol–water partition coefficient (Wildman–Crippen LogP) is 0.221. The molecule has 3 N–H and O–H groups in total. The molecular weight excluding hydrogens is 202 g/mol. The van der Waals surface area contributed by atoms with Crippen LogP contribution in [-0.2, 0) is 4.79 Å². The quantitative estimate of drug-likeness (QED) is 0.719. The van der Waals surface area contributed by atoms with Gasteiger partial charge in [0, 0.05) is 18.6 Å². The molecule has 3 rings (SSSR count). The molecule has 1 saturated carbocycles. The molecule has 0 aromatic rings. The van der Waals surface area contributed by atoms with Gasteiger partial charge < -0.3 is 5.73 Å². The zero-order valence-corrected chi connectivity index (χ0v) is 9.74. The lowest BCUT2D eigenvalue weighted by Crippen LogP contribution is -2.63. The molecule has 0 aromatic carbocycles.